The summed E-state index contributed by atoms with van der Waals surface area (Å²) in [6.07, 6.45) is -1.08. The lowest BCUT2D eigenvalue weighted by Gasteiger charge is -2.30. The first-order chi connectivity index (χ1) is 13.4. The summed E-state index contributed by atoms with van der Waals surface area (Å²) in [6.45, 7) is 7.67. The van der Waals surface area contributed by atoms with Gasteiger partial charge in [-0.1, -0.05) is 72.5 Å². The molecule has 1 heterocycles. The summed E-state index contributed by atoms with van der Waals surface area (Å²) in [5, 5.41) is 10.7. The predicted molar refractivity (Wildman–Crippen MR) is 110 cm³/mol. The molecule has 0 saturated carbocycles. The smallest absolute Gasteiger partial charge is 0.164 e. The van der Waals surface area contributed by atoms with Gasteiger partial charge in [-0.05, 0) is 31.9 Å². The molecule has 0 aromatic heterocycles. The molecule has 0 bridgehead atoms. The highest BCUT2D eigenvalue weighted by molar-refractivity contribution is 5.19. The third-order valence-corrected chi connectivity index (χ3v) is 4.89. The highest BCUT2D eigenvalue weighted by atomic mass is 16.7. The lowest BCUT2D eigenvalue weighted by Crippen LogP contribution is -2.40. The molecule has 2 aromatic carbocycles. The Morgan fingerprint density at radius 1 is 1.04 bits per heavy atom. The van der Waals surface area contributed by atoms with Gasteiger partial charge in [0.15, 0.2) is 5.79 Å². The summed E-state index contributed by atoms with van der Waals surface area (Å²) in [4.78, 5) is 2.25. The van der Waals surface area contributed by atoms with Crippen LogP contribution in [0.25, 0.3) is 0 Å². The van der Waals surface area contributed by atoms with E-state index in [0.29, 0.717) is 6.61 Å². The molecule has 0 unspecified atom stereocenters. The van der Waals surface area contributed by atoms with E-state index in [0.717, 1.165) is 13.1 Å². The fraction of sp³-hybridized carbons (Fsp3) is 0.417. The molecule has 0 spiro atoms. The largest absolute Gasteiger partial charge is 0.379 e. The van der Waals surface area contributed by atoms with E-state index in [1.807, 2.05) is 57.2 Å². The predicted octanol–water partition coefficient (Wildman–Crippen LogP) is 3.59. The van der Waals surface area contributed by atoms with Gasteiger partial charge >= 0.3 is 0 Å². The van der Waals surface area contributed by atoms with Crippen LogP contribution in [0.15, 0.2) is 60.7 Å². The van der Waals surface area contributed by atoms with Crippen molar-refractivity contribution in [1.82, 2.24) is 4.90 Å². The molecule has 4 nitrogen and oxygen atoms in total. The van der Waals surface area contributed by atoms with E-state index in [2.05, 4.69) is 41.0 Å². The maximum Gasteiger partial charge on any atom is 0.164 e. The molecule has 0 amide bonds. The minimum Gasteiger partial charge on any atom is -0.379 e. The first-order valence-electron chi connectivity index (χ1n) is 9.76. The molecule has 148 valence electrons. The van der Waals surface area contributed by atoms with Gasteiger partial charge in [-0.2, -0.15) is 0 Å². The molecule has 2 aromatic rings. The quantitative estimate of drug-likeness (QED) is 0.779. The molecule has 1 N–H and O–H groups in total. The van der Waals surface area contributed by atoms with E-state index >= 15 is 0 Å². The third-order valence-electron chi connectivity index (χ3n) is 4.89. The molecule has 28 heavy (non-hydrogen) atoms. The second-order valence-corrected chi connectivity index (χ2v) is 7.67. The van der Waals surface area contributed by atoms with Crippen molar-refractivity contribution in [3.05, 3.63) is 71.8 Å². The fourth-order valence-electron chi connectivity index (χ4n) is 3.24. The maximum atomic E-state index is 10.7. The number of nitrogens with zero attached hydrogens (tertiary/aromatic N) is 1. The Kier molecular flexibility index (Phi) is 6.88. The van der Waals surface area contributed by atoms with E-state index < -0.39 is 11.9 Å². The van der Waals surface area contributed by atoms with Gasteiger partial charge in [-0.3, -0.25) is 4.90 Å². The first kappa shape index (κ1) is 20.6. The third kappa shape index (κ3) is 5.92. The second-order valence-electron chi connectivity index (χ2n) is 7.67. The Labute approximate surface area is 168 Å². The number of aliphatic hydroxyl groups excluding tert-OH is 1. The minimum absolute atomic E-state index is 0.136. The number of ether oxygens (including phenoxy) is 2. The molecule has 0 radical (unpaired) electrons. The summed E-state index contributed by atoms with van der Waals surface area (Å²) in [5.41, 5.74) is 2.42. The maximum absolute atomic E-state index is 10.7. The lowest BCUT2D eigenvalue weighted by molar-refractivity contribution is -0.132. The summed E-state index contributed by atoms with van der Waals surface area (Å²) < 4.78 is 11.2. The van der Waals surface area contributed by atoms with E-state index in [1.165, 1.54) is 11.1 Å². The normalized spacial score (nSPS) is 20.4. The van der Waals surface area contributed by atoms with Gasteiger partial charge < -0.3 is 14.6 Å². The molecule has 3 atom stereocenters. The van der Waals surface area contributed by atoms with Crippen LogP contribution in [0.5, 0.6) is 0 Å². The van der Waals surface area contributed by atoms with Crippen LogP contribution in [0, 0.1) is 11.8 Å². The Balaban J connectivity index is 1.71. The molecule has 4 heteroatoms. The van der Waals surface area contributed by atoms with Gasteiger partial charge in [0.1, 0.15) is 12.2 Å². The molecular formula is C24H29NO3. The summed E-state index contributed by atoms with van der Waals surface area (Å²) in [7, 11) is 0. The topological polar surface area (TPSA) is 41.9 Å². The zero-order valence-corrected chi connectivity index (χ0v) is 16.8. The molecule has 1 saturated heterocycles. The van der Waals surface area contributed by atoms with Crippen molar-refractivity contribution >= 4 is 0 Å². The van der Waals surface area contributed by atoms with Crippen molar-refractivity contribution in [2.75, 3.05) is 6.61 Å². The van der Waals surface area contributed by atoms with Crippen LogP contribution in [-0.2, 0) is 22.6 Å². The van der Waals surface area contributed by atoms with Crippen LogP contribution in [-0.4, -0.2) is 40.7 Å². The molecular weight excluding hydrogens is 350 g/mol. The Bertz CT molecular complexity index is 753. The lowest BCUT2D eigenvalue weighted by atomic mass is 10.1. The molecule has 1 aliphatic rings. The number of hydrogen-bond donors (Lipinski definition) is 1. The standard InChI is InChI=1S/C24H29NO3/c1-19(23(26)15-14-22-18-27-24(2,3)28-22)25(16-20-10-6-4-7-11-20)17-21-12-8-5-9-13-21/h4-13,19,22-23,26H,16-18H2,1-3H3/t19-,22-,23+/m1/s1. The van der Waals surface area contributed by atoms with E-state index in [-0.39, 0.29) is 12.1 Å². The molecule has 1 aliphatic heterocycles. The zero-order valence-electron chi connectivity index (χ0n) is 16.8. The van der Waals surface area contributed by atoms with Crippen molar-refractivity contribution in [2.45, 2.75) is 57.9 Å². The van der Waals surface area contributed by atoms with Crippen molar-refractivity contribution in [2.24, 2.45) is 0 Å². The van der Waals surface area contributed by atoms with Crippen LogP contribution < -0.4 is 0 Å². The number of aliphatic hydroxyl groups is 1. The van der Waals surface area contributed by atoms with Gasteiger partial charge in [-0.15, -0.1) is 0 Å². The summed E-state index contributed by atoms with van der Waals surface area (Å²) >= 11 is 0. The molecule has 1 fully saturated rings. The summed E-state index contributed by atoms with van der Waals surface area (Å²) in [6, 6.07) is 20.5. The first-order valence-corrected chi connectivity index (χ1v) is 9.76. The number of rotatable bonds is 6. The van der Waals surface area contributed by atoms with Crippen molar-refractivity contribution in [3.8, 4) is 11.8 Å². The van der Waals surface area contributed by atoms with Crippen LogP contribution in [0.2, 0.25) is 0 Å². The van der Waals surface area contributed by atoms with Gasteiger partial charge in [0.25, 0.3) is 0 Å². The fourth-order valence-corrected chi connectivity index (χ4v) is 3.24. The van der Waals surface area contributed by atoms with Crippen molar-refractivity contribution < 1.29 is 14.6 Å². The minimum atomic E-state index is -0.778. The van der Waals surface area contributed by atoms with E-state index in [4.69, 9.17) is 9.47 Å². The van der Waals surface area contributed by atoms with Crippen LogP contribution in [0.4, 0.5) is 0 Å². The second kappa shape index (κ2) is 9.36. The van der Waals surface area contributed by atoms with Gasteiger partial charge in [0, 0.05) is 19.1 Å². The van der Waals surface area contributed by atoms with Crippen LogP contribution in [0.1, 0.15) is 31.9 Å². The van der Waals surface area contributed by atoms with E-state index in [1.54, 1.807) is 0 Å². The van der Waals surface area contributed by atoms with Crippen LogP contribution in [0.3, 0.4) is 0 Å². The molecule has 0 aliphatic carbocycles. The highest BCUT2D eigenvalue weighted by Gasteiger charge is 2.31. The Morgan fingerprint density at radius 2 is 1.57 bits per heavy atom. The summed E-state index contributed by atoms with van der Waals surface area (Å²) in [5.74, 6) is 5.39. The van der Waals surface area contributed by atoms with E-state index in [9.17, 15) is 5.11 Å². The molecule has 3 rings (SSSR count). The number of benzene rings is 2. The average molecular weight is 380 g/mol. The van der Waals surface area contributed by atoms with Crippen molar-refractivity contribution in [1.29, 1.82) is 0 Å². The van der Waals surface area contributed by atoms with Crippen LogP contribution >= 0.6 is 0 Å². The van der Waals surface area contributed by atoms with Gasteiger partial charge in [0.05, 0.1) is 6.61 Å². The van der Waals surface area contributed by atoms with Gasteiger partial charge in [0.2, 0.25) is 0 Å². The zero-order chi connectivity index (χ0) is 20.0. The SMILES string of the molecule is C[C@H]([C@@H](O)C#C[C@@H]1COC(C)(C)O1)N(Cc1ccccc1)Cc1ccccc1. The van der Waals surface area contributed by atoms with Crippen molar-refractivity contribution in [3.63, 3.8) is 0 Å². The average Bonchev–Trinajstić information content (AvgIpc) is 3.05. The Hall–Kier alpha value is -2.16. The van der Waals surface area contributed by atoms with Gasteiger partial charge in [-0.25, -0.2) is 0 Å². The highest BCUT2D eigenvalue weighted by Crippen LogP contribution is 2.22. The monoisotopic (exact) mass is 379 g/mol. The Morgan fingerprint density at radius 3 is 2.04 bits per heavy atom. The number of hydrogen-bond acceptors (Lipinski definition) is 4.